The molecule has 0 N–H and O–H groups in total. The molecule has 0 spiro atoms. The quantitative estimate of drug-likeness (QED) is 0.730. The second-order valence-electron chi connectivity index (χ2n) is 5.26. The van der Waals surface area contributed by atoms with Crippen LogP contribution in [0, 0.1) is 5.41 Å². The molecule has 0 saturated heterocycles. The van der Waals surface area contributed by atoms with Crippen molar-refractivity contribution in [2.24, 2.45) is 5.41 Å². The lowest BCUT2D eigenvalue weighted by Gasteiger charge is -2.40. The highest BCUT2D eigenvalue weighted by Crippen LogP contribution is 2.36. The second kappa shape index (κ2) is 4.36. The molecule has 1 nitrogen and oxygen atoms in total. The van der Waals surface area contributed by atoms with Gasteiger partial charge in [-0.1, -0.05) is 44.2 Å². The van der Waals surface area contributed by atoms with E-state index in [0.29, 0.717) is 0 Å². The van der Waals surface area contributed by atoms with Gasteiger partial charge in [-0.15, -0.1) is 0 Å². The van der Waals surface area contributed by atoms with Gasteiger partial charge in [-0.3, -0.25) is 0 Å². The Hall–Kier alpha value is -0.820. The van der Waals surface area contributed by atoms with Crippen molar-refractivity contribution in [3.05, 3.63) is 35.9 Å². The third-order valence-electron chi connectivity index (χ3n) is 3.63. The van der Waals surface area contributed by atoms with E-state index in [1.54, 1.807) is 7.11 Å². The van der Waals surface area contributed by atoms with Crippen molar-refractivity contribution in [1.82, 2.24) is 0 Å². The number of hydrogen-bond acceptors (Lipinski definition) is 1. The molecule has 1 aromatic rings. The van der Waals surface area contributed by atoms with Gasteiger partial charge >= 0.3 is 0 Å². The van der Waals surface area contributed by atoms with Crippen LogP contribution in [-0.4, -0.2) is 12.7 Å². The van der Waals surface area contributed by atoms with E-state index >= 15 is 0 Å². The third kappa shape index (κ3) is 2.82. The van der Waals surface area contributed by atoms with Crippen molar-refractivity contribution in [2.75, 3.05) is 7.11 Å². The zero-order valence-electron chi connectivity index (χ0n) is 10.5. The van der Waals surface area contributed by atoms with Crippen LogP contribution in [0.5, 0.6) is 0 Å². The molecule has 0 bridgehead atoms. The smallest absolute Gasteiger partial charge is 0.0676 e. The Labute approximate surface area is 93.5 Å². The summed E-state index contributed by atoms with van der Waals surface area (Å²) in [6.45, 7) is 8.80. The second-order valence-corrected chi connectivity index (χ2v) is 5.26. The molecule has 0 aliphatic carbocycles. The van der Waals surface area contributed by atoms with E-state index in [2.05, 4.69) is 58.0 Å². The molecule has 84 valence electrons. The maximum atomic E-state index is 5.57. The van der Waals surface area contributed by atoms with Crippen molar-refractivity contribution >= 4 is 0 Å². The summed E-state index contributed by atoms with van der Waals surface area (Å²) in [6.07, 6.45) is 1.04. The maximum Gasteiger partial charge on any atom is 0.0676 e. The molecule has 15 heavy (non-hydrogen) atoms. The molecule has 0 aliphatic rings. The third-order valence-corrected chi connectivity index (χ3v) is 3.63. The monoisotopic (exact) mass is 206 g/mol. The van der Waals surface area contributed by atoms with E-state index in [9.17, 15) is 0 Å². The van der Waals surface area contributed by atoms with Gasteiger partial charge in [-0.25, -0.2) is 0 Å². The summed E-state index contributed by atoms with van der Waals surface area (Å²) in [5.74, 6) is 0. The van der Waals surface area contributed by atoms with E-state index < -0.39 is 0 Å². The number of hydrogen-bond donors (Lipinski definition) is 0. The SMILES string of the molecule is COC(C)(C)C(C)(C)Cc1ccccc1. The van der Waals surface area contributed by atoms with Crippen LogP contribution in [0.2, 0.25) is 0 Å². The zero-order valence-corrected chi connectivity index (χ0v) is 10.5. The van der Waals surface area contributed by atoms with Gasteiger partial charge in [0.15, 0.2) is 0 Å². The highest BCUT2D eigenvalue weighted by atomic mass is 16.5. The molecule has 1 heteroatoms. The van der Waals surface area contributed by atoms with Gasteiger partial charge in [0.25, 0.3) is 0 Å². The first-order valence-electron chi connectivity index (χ1n) is 5.48. The summed E-state index contributed by atoms with van der Waals surface area (Å²) in [5.41, 5.74) is 1.39. The number of benzene rings is 1. The van der Waals surface area contributed by atoms with Crippen LogP contribution in [0.1, 0.15) is 33.3 Å². The van der Waals surface area contributed by atoms with E-state index in [1.165, 1.54) is 5.56 Å². The van der Waals surface area contributed by atoms with Crippen molar-refractivity contribution in [2.45, 2.75) is 39.7 Å². The van der Waals surface area contributed by atoms with Crippen LogP contribution in [0.25, 0.3) is 0 Å². The minimum atomic E-state index is -0.108. The molecule has 1 rings (SSSR count). The lowest BCUT2D eigenvalue weighted by Crippen LogP contribution is -2.42. The molecule has 0 amide bonds. The van der Waals surface area contributed by atoms with E-state index in [1.807, 2.05) is 0 Å². The Balaban J connectivity index is 2.81. The van der Waals surface area contributed by atoms with E-state index in [4.69, 9.17) is 4.74 Å². The first-order chi connectivity index (χ1) is 6.89. The normalized spacial score (nSPS) is 12.9. The van der Waals surface area contributed by atoms with Gasteiger partial charge in [0.1, 0.15) is 0 Å². The molecule has 0 radical (unpaired) electrons. The van der Waals surface area contributed by atoms with Crippen LogP contribution >= 0.6 is 0 Å². The Morgan fingerprint density at radius 3 is 2.00 bits per heavy atom. The topological polar surface area (TPSA) is 9.23 Å². The highest BCUT2D eigenvalue weighted by molar-refractivity contribution is 5.17. The summed E-state index contributed by atoms with van der Waals surface area (Å²) >= 11 is 0. The molecule has 0 fully saturated rings. The van der Waals surface area contributed by atoms with Crippen LogP contribution in [0.4, 0.5) is 0 Å². The van der Waals surface area contributed by atoms with Crippen LogP contribution < -0.4 is 0 Å². The van der Waals surface area contributed by atoms with Gasteiger partial charge in [0.2, 0.25) is 0 Å². The van der Waals surface area contributed by atoms with Crippen molar-refractivity contribution in [3.63, 3.8) is 0 Å². The van der Waals surface area contributed by atoms with Crippen molar-refractivity contribution < 1.29 is 4.74 Å². The summed E-state index contributed by atoms with van der Waals surface area (Å²) in [7, 11) is 1.78. The standard InChI is InChI=1S/C14H22O/c1-13(2,14(3,4)15-5)11-12-9-7-6-8-10-12/h6-10H,11H2,1-5H3. The Bertz CT molecular complexity index is 298. The van der Waals surface area contributed by atoms with Gasteiger partial charge in [0.05, 0.1) is 5.60 Å². The molecule has 0 aliphatic heterocycles. The largest absolute Gasteiger partial charge is 0.378 e. The van der Waals surface area contributed by atoms with Gasteiger partial charge < -0.3 is 4.74 Å². The van der Waals surface area contributed by atoms with Gasteiger partial charge in [0, 0.05) is 7.11 Å². The number of methoxy groups -OCH3 is 1. The summed E-state index contributed by atoms with van der Waals surface area (Å²) in [4.78, 5) is 0. The van der Waals surface area contributed by atoms with Crippen molar-refractivity contribution in [1.29, 1.82) is 0 Å². The van der Waals surface area contributed by atoms with Crippen molar-refractivity contribution in [3.8, 4) is 0 Å². The molecule has 1 aromatic carbocycles. The fraction of sp³-hybridized carbons (Fsp3) is 0.571. The molecule has 0 atom stereocenters. The van der Waals surface area contributed by atoms with Gasteiger partial charge in [-0.2, -0.15) is 0 Å². The van der Waals surface area contributed by atoms with Gasteiger partial charge in [-0.05, 0) is 31.2 Å². The summed E-state index contributed by atoms with van der Waals surface area (Å²) < 4.78 is 5.57. The Kier molecular flexibility index (Phi) is 3.56. The zero-order chi connectivity index (χ0) is 11.5. The average Bonchev–Trinajstić information content (AvgIpc) is 2.18. The van der Waals surface area contributed by atoms with E-state index in [-0.39, 0.29) is 11.0 Å². The molecular formula is C14H22O. The Morgan fingerprint density at radius 1 is 1.00 bits per heavy atom. The van der Waals surface area contributed by atoms with Crippen LogP contribution in [0.15, 0.2) is 30.3 Å². The average molecular weight is 206 g/mol. The minimum absolute atomic E-state index is 0.108. The summed E-state index contributed by atoms with van der Waals surface area (Å²) in [6, 6.07) is 10.6. The summed E-state index contributed by atoms with van der Waals surface area (Å²) in [5, 5.41) is 0. The lowest BCUT2D eigenvalue weighted by atomic mass is 9.73. The molecule has 0 unspecified atom stereocenters. The number of ether oxygens (including phenoxy) is 1. The minimum Gasteiger partial charge on any atom is -0.378 e. The number of rotatable bonds is 4. The first kappa shape index (κ1) is 12.3. The first-order valence-corrected chi connectivity index (χ1v) is 5.48. The fourth-order valence-corrected chi connectivity index (χ4v) is 1.60. The molecule has 0 aromatic heterocycles. The predicted molar refractivity (Wildman–Crippen MR) is 65.0 cm³/mol. The van der Waals surface area contributed by atoms with E-state index in [0.717, 1.165) is 6.42 Å². The Morgan fingerprint density at radius 2 is 1.53 bits per heavy atom. The molecule has 0 saturated carbocycles. The van der Waals surface area contributed by atoms with Crippen LogP contribution in [0.3, 0.4) is 0 Å². The predicted octanol–water partition coefficient (Wildman–Crippen LogP) is 3.68. The molecule has 0 heterocycles. The fourth-order valence-electron chi connectivity index (χ4n) is 1.60. The molecular weight excluding hydrogens is 184 g/mol. The van der Waals surface area contributed by atoms with Crippen LogP contribution in [-0.2, 0) is 11.2 Å². The lowest BCUT2D eigenvalue weighted by molar-refractivity contribution is -0.0705. The highest BCUT2D eigenvalue weighted by Gasteiger charge is 2.36. The maximum absolute atomic E-state index is 5.57.